The fourth-order valence-electron chi connectivity index (χ4n) is 5.76. The van der Waals surface area contributed by atoms with Crippen LogP contribution in [-0.2, 0) is 11.2 Å². The molecule has 1 heterocycles. The van der Waals surface area contributed by atoms with Gasteiger partial charge in [0.05, 0.1) is 11.7 Å². The van der Waals surface area contributed by atoms with Crippen LogP contribution in [0.25, 0.3) is 0 Å². The minimum absolute atomic E-state index is 0.119. The van der Waals surface area contributed by atoms with E-state index in [1.165, 1.54) is 12.0 Å². The second-order valence-corrected chi connectivity index (χ2v) is 11.5. The van der Waals surface area contributed by atoms with Gasteiger partial charge in [-0.05, 0) is 55.9 Å². The minimum Gasteiger partial charge on any atom is -0.491 e. The predicted octanol–water partition coefficient (Wildman–Crippen LogP) is 5.19. The van der Waals surface area contributed by atoms with Crippen LogP contribution in [-0.4, -0.2) is 80.3 Å². The molecule has 218 valence electrons. The highest BCUT2D eigenvalue weighted by atomic mass is 16.5. The molecule has 8 heteroatoms. The van der Waals surface area contributed by atoms with E-state index in [1.54, 1.807) is 37.3 Å². The lowest BCUT2D eigenvalue weighted by atomic mass is 9.96. The van der Waals surface area contributed by atoms with Crippen LogP contribution < -0.4 is 15.4 Å². The third-order valence-electron chi connectivity index (χ3n) is 8.30. The second-order valence-electron chi connectivity index (χ2n) is 11.5. The Bertz CT molecular complexity index is 1110. The first-order valence-electron chi connectivity index (χ1n) is 14.7. The van der Waals surface area contributed by atoms with E-state index in [0.717, 1.165) is 45.2 Å². The molecule has 0 saturated heterocycles. The third kappa shape index (κ3) is 8.21. The molecular weight excluding hydrogens is 504 g/mol. The summed E-state index contributed by atoms with van der Waals surface area (Å²) in [5, 5.41) is 6.00. The van der Waals surface area contributed by atoms with Crippen molar-refractivity contribution in [1.82, 2.24) is 15.1 Å². The lowest BCUT2D eigenvalue weighted by molar-refractivity contribution is 0.0109. The van der Waals surface area contributed by atoms with Crippen molar-refractivity contribution >= 4 is 17.6 Å². The summed E-state index contributed by atoms with van der Waals surface area (Å²) in [5.41, 5.74) is 2.31. The summed E-state index contributed by atoms with van der Waals surface area (Å²) in [7, 11) is 3.51. The Morgan fingerprint density at radius 1 is 1.05 bits per heavy atom. The van der Waals surface area contributed by atoms with E-state index in [1.807, 2.05) is 6.07 Å². The highest BCUT2D eigenvalue weighted by molar-refractivity contribution is 5.99. The van der Waals surface area contributed by atoms with Crippen molar-refractivity contribution in [3.05, 3.63) is 59.7 Å². The number of carbonyl (C=O) groups excluding carboxylic acids is 2. The number of rotatable bonds is 6. The molecule has 3 atom stereocenters. The molecule has 2 aliphatic rings. The second kappa shape index (κ2) is 14.5. The molecule has 2 aromatic carbocycles. The molecule has 0 spiro atoms. The summed E-state index contributed by atoms with van der Waals surface area (Å²) in [6.45, 7) is 6.99. The van der Waals surface area contributed by atoms with E-state index in [9.17, 15) is 9.59 Å². The average Bonchev–Trinajstić information content (AvgIpc) is 2.97. The zero-order valence-corrected chi connectivity index (χ0v) is 24.5. The van der Waals surface area contributed by atoms with E-state index in [0.29, 0.717) is 30.2 Å². The number of nitrogens with one attached hydrogen (secondary N) is 2. The van der Waals surface area contributed by atoms with Crippen LogP contribution >= 0.6 is 0 Å². The maximum atomic E-state index is 13.6. The van der Waals surface area contributed by atoms with Gasteiger partial charge in [-0.2, -0.15) is 0 Å². The Kier molecular flexibility index (Phi) is 10.8. The van der Waals surface area contributed by atoms with Crippen LogP contribution in [0.3, 0.4) is 0 Å². The molecule has 1 aliphatic heterocycles. The first-order chi connectivity index (χ1) is 19.3. The van der Waals surface area contributed by atoms with E-state index in [-0.39, 0.29) is 36.0 Å². The molecule has 0 radical (unpaired) electrons. The number of hydrogen-bond donors (Lipinski definition) is 2. The van der Waals surface area contributed by atoms with Crippen molar-refractivity contribution < 1.29 is 19.1 Å². The van der Waals surface area contributed by atoms with Gasteiger partial charge in [-0.1, -0.05) is 56.5 Å². The fraction of sp³-hybridized carbons (Fsp3) is 0.562. The SMILES string of the molecule is CO[C@H]1CN(C)C(=O)c2cc(NC(=O)NC3CCCCC3)ccc2OC[C@@H](C)N(CCc2ccccc2)C[C@@H]1C. The number of ether oxygens (including phenoxy) is 2. The number of nitrogens with zero attached hydrogens (tertiary/aromatic N) is 2. The van der Waals surface area contributed by atoms with Crippen LogP contribution in [0.4, 0.5) is 10.5 Å². The molecule has 1 saturated carbocycles. The Morgan fingerprint density at radius 3 is 2.52 bits per heavy atom. The van der Waals surface area contributed by atoms with Crippen molar-refractivity contribution in [2.75, 3.05) is 45.7 Å². The number of fused-ring (bicyclic) bond motifs is 1. The van der Waals surface area contributed by atoms with Crippen molar-refractivity contribution in [3.8, 4) is 5.75 Å². The van der Waals surface area contributed by atoms with Gasteiger partial charge in [0.25, 0.3) is 5.91 Å². The van der Waals surface area contributed by atoms with E-state index in [2.05, 4.69) is 53.6 Å². The number of benzene rings is 2. The number of urea groups is 1. The molecule has 0 bridgehead atoms. The topological polar surface area (TPSA) is 83.1 Å². The molecule has 1 aliphatic carbocycles. The monoisotopic (exact) mass is 550 g/mol. The molecular formula is C32H46N4O4. The predicted molar refractivity (Wildman–Crippen MR) is 159 cm³/mol. The molecule has 2 N–H and O–H groups in total. The fourth-order valence-corrected chi connectivity index (χ4v) is 5.76. The summed E-state index contributed by atoms with van der Waals surface area (Å²) >= 11 is 0. The Morgan fingerprint density at radius 2 is 1.80 bits per heavy atom. The van der Waals surface area contributed by atoms with Gasteiger partial charge in [-0.3, -0.25) is 9.69 Å². The van der Waals surface area contributed by atoms with Crippen LogP contribution in [0, 0.1) is 5.92 Å². The normalized spacial score (nSPS) is 23.4. The van der Waals surface area contributed by atoms with Gasteiger partial charge in [0.15, 0.2) is 0 Å². The number of methoxy groups -OCH3 is 1. The lowest BCUT2D eigenvalue weighted by Gasteiger charge is -2.36. The summed E-state index contributed by atoms with van der Waals surface area (Å²) in [5.74, 6) is 0.566. The van der Waals surface area contributed by atoms with Gasteiger partial charge >= 0.3 is 6.03 Å². The van der Waals surface area contributed by atoms with Crippen LogP contribution in [0.1, 0.15) is 61.9 Å². The number of likely N-dealkylation sites (N-methyl/N-ethyl adjacent to an activating group) is 1. The molecule has 8 nitrogen and oxygen atoms in total. The van der Waals surface area contributed by atoms with E-state index in [4.69, 9.17) is 9.47 Å². The maximum absolute atomic E-state index is 13.6. The zero-order chi connectivity index (χ0) is 28.5. The van der Waals surface area contributed by atoms with Crippen molar-refractivity contribution in [1.29, 1.82) is 0 Å². The van der Waals surface area contributed by atoms with Gasteiger partial charge in [0.2, 0.25) is 0 Å². The first kappa shape index (κ1) is 29.9. The zero-order valence-electron chi connectivity index (χ0n) is 24.5. The number of anilines is 1. The Labute approximate surface area is 239 Å². The number of hydrogen-bond acceptors (Lipinski definition) is 5. The van der Waals surface area contributed by atoms with Gasteiger partial charge in [0, 0.05) is 51.6 Å². The van der Waals surface area contributed by atoms with Gasteiger partial charge < -0.3 is 25.0 Å². The lowest BCUT2D eigenvalue weighted by Crippen LogP contribution is -2.47. The van der Waals surface area contributed by atoms with Gasteiger partial charge in [-0.25, -0.2) is 4.79 Å². The Hall–Kier alpha value is -3.10. The van der Waals surface area contributed by atoms with Crippen LogP contribution in [0.5, 0.6) is 5.75 Å². The third-order valence-corrected chi connectivity index (χ3v) is 8.30. The summed E-state index contributed by atoms with van der Waals surface area (Å²) in [4.78, 5) is 30.5. The summed E-state index contributed by atoms with van der Waals surface area (Å²) in [6.07, 6.45) is 6.36. The van der Waals surface area contributed by atoms with Crippen molar-refractivity contribution in [2.45, 2.75) is 70.6 Å². The largest absolute Gasteiger partial charge is 0.491 e. The van der Waals surface area contributed by atoms with E-state index < -0.39 is 0 Å². The molecule has 40 heavy (non-hydrogen) atoms. The summed E-state index contributed by atoms with van der Waals surface area (Å²) < 4.78 is 12.2. The number of carbonyl (C=O) groups is 2. The van der Waals surface area contributed by atoms with Crippen LogP contribution in [0.2, 0.25) is 0 Å². The minimum atomic E-state index is -0.238. The summed E-state index contributed by atoms with van der Waals surface area (Å²) in [6, 6.07) is 15.9. The standard InChI is InChI=1S/C32H46N4O4/c1-23-20-36(18-17-25-11-7-5-8-12-25)24(2)22-40-29-16-15-27(34-32(38)33-26-13-9-6-10-14-26)19-28(29)31(37)35(3)21-30(23)39-4/h5,7-8,11-12,15-16,19,23-24,26,30H,6,9-10,13-14,17-18,20-22H2,1-4H3,(H2,33,34,38)/t23-,24+,30-/m0/s1. The van der Waals surface area contributed by atoms with Crippen LogP contribution in [0.15, 0.2) is 48.5 Å². The molecule has 3 amide bonds. The molecule has 0 aromatic heterocycles. The number of amides is 3. The first-order valence-corrected chi connectivity index (χ1v) is 14.7. The Balaban J connectivity index is 1.52. The smallest absolute Gasteiger partial charge is 0.319 e. The van der Waals surface area contributed by atoms with E-state index >= 15 is 0 Å². The molecule has 4 rings (SSSR count). The van der Waals surface area contributed by atoms with Crippen molar-refractivity contribution in [2.24, 2.45) is 5.92 Å². The molecule has 2 aromatic rings. The quantitative estimate of drug-likeness (QED) is 0.517. The average molecular weight is 551 g/mol. The van der Waals surface area contributed by atoms with Crippen molar-refractivity contribution in [3.63, 3.8) is 0 Å². The molecule has 1 fully saturated rings. The van der Waals surface area contributed by atoms with Gasteiger partial charge in [-0.15, -0.1) is 0 Å². The van der Waals surface area contributed by atoms with Gasteiger partial charge in [0.1, 0.15) is 12.4 Å². The maximum Gasteiger partial charge on any atom is 0.319 e. The highest BCUT2D eigenvalue weighted by Crippen LogP contribution is 2.27. The highest BCUT2D eigenvalue weighted by Gasteiger charge is 2.28. The molecule has 0 unspecified atom stereocenters.